The first-order valence-electron chi connectivity index (χ1n) is 8.05. The fraction of sp³-hybridized carbons (Fsp3) is 0.400. The summed E-state index contributed by atoms with van der Waals surface area (Å²) in [6.07, 6.45) is 4.58. The highest BCUT2D eigenvalue weighted by molar-refractivity contribution is 5.48. The number of benzene rings is 2. The standard InChI is InChI=1S/C20H26O2/c1-4-17(13-8-12-16-10-6-5-7-11-16)18-14-9-15-19(21-2)20(18)22-3/h5-7,9-11,14-15,17H,4,8,12-13H2,1-3H3. The summed E-state index contributed by atoms with van der Waals surface area (Å²) in [5.74, 6) is 2.21. The Hall–Kier alpha value is -1.96. The average Bonchev–Trinajstić information content (AvgIpc) is 2.59. The van der Waals surface area contributed by atoms with E-state index in [9.17, 15) is 0 Å². The summed E-state index contributed by atoms with van der Waals surface area (Å²) < 4.78 is 11.0. The van der Waals surface area contributed by atoms with Gasteiger partial charge in [-0.25, -0.2) is 0 Å². The highest BCUT2D eigenvalue weighted by atomic mass is 16.5. The Morgan fingerprint density at radius 3 is 2.32 bits per heavy atom. The van der Waals surface area contributed by atoms with Gasteiger partial charge in [0.1, 0.15) is 0 Å². The van der Waals surface area contributed by atoms with Gasteiger partial charge in [0.25, 0.3) is 0 Å². The van der Waals surface area contributed by atoms with Gasteiger partial charge in [-0.3, -0.25) is 0 Å². The van der Waals surface area contributed by atoms with Crippen LogP contribution in [-0.4, -0.2) is 14.2 Å². The van der Waals surface area contributed by atoms with Crippen molar-refractivity contribution >= 4 is 0 Å². The number of rotatable bonds is 8. The predicted octanol–water partition coefficient (Wildman–Crippen LogP) is 5.22. The molecule has 0 aliphatic carbocycles. The molecule has 1 atom stereocenters. The number of aryl methyl sites for hydroxylation is 1. The minimum Gasteiger partial charge on any atom is -0.493 e. The zero-order valence-electron chi connectivity index (χ0n) is 13.8. The molecule has 0 aliphatic rings. The molecule has 0 amide bonds. The molecule has 0 N–H and O–H groups in total. The van der Waals surface area contributed by atoms with E-state index in [2.05, 4.69) is 49.4 Å². The molecule has 0 radical (unpaired) electrons. The van der Waals surface area contributed by atoms with Gasteiger partial charge < -0.3 is 9.47 Å². The molecule has 2 aromatic rings. The van der Waals surface area contributed by atoms with Crippen molar-refractivity contribution in [2.24, 2.45) is 0 Å². The molecule has 0 saturated heterocycles. The molecule has 0 fully saturated rings. The average molecular weight is 298 g/mol. The van der Waals surface area contributed by atoms with E-state index in [0.717, 1.165) is 30.8 Å². The van der Waals surface area contributed by atoms with Crippen LogP contribution in [0, 0.1) is 0 Å². The van der Waals surface area contributed by atoms with Crippen LogP contribution in [0.3, 0.4) is 0 Å². The number of methoxy groups -OCH3 is 2. The van der Waals surface area contributed by atoms with E-state index in [0.29, 0.717) is 5.92 Å². The lowest BCUT2D eigenvalue weighted by atomic mass is 9.89. The molecule has 0 aliphatic heterocycles. The lowest BCUT2D eigenvalue weighted by Crippen LogP contribution is -2.03. The quantitative estimate of drug-likeness (QED) is 0.665. The van der Waals surface area contributed by atoms with Gasteiger partial charge >= 0.3 is 0 Å². The van der Waals surface area contributed by atoms with E-state index in [1.165, 1.54) is 17.5 Å². The fourth-order valence-electron chi connectivity index (χ4n) is 3.01. The van der Waals surface area contributed by atoms with Crippen molar-refractivity contribution in [1.29, 1.82) is 0 Å². The van der Waals surface area contributed by atoms with Crippen molar-refractivity contribution in [1.82, 2.24) is 0 Å². The first kappa shape index (κ1) is 16.4. The Morgan fingerprint density at radius 1 is 0.909 bits per heavy atom. The molecular formula is C20H26O2. The van der Waals surface area contributed by atoms with E-state index in [1.807, 2.05) is 6.07 Å². The Kier molecular flexibility index (Phi) is 6.32. The molecule has 2 nitrogen and oxygen atoms in total. The van der Waals surface area contributed by atoms with Gasteiger partial charge in [-0.05, 0) is 43.2 Å². The molecular weight excluding hydrogens is 272 g/mol. The Bertz CT molecular complexity index is 563. The van der Waals surface area contributed by atoms with Crippen LogP contribution in [0.25, 0.3) is 0 Å². The maximum atomic E-state index is 5.59. The van der Waals surface area contributed by atoms with E-state index >= 15 is 0 Å². The van der Waals surface area contributed by atoms with Gasteiger partial charge in [-0.2, -0.15) is 0 Å². The third kappa shape index (κ3) is 4.03. The minimum absolute atomic E-state index is 0.508. The lowest BCUT2D eigenvalue weighted by Gasteiger charge is -2.20. The largest absolute Gasteiger partial charge is 0.493 e. The van der Waals surface area contributed by atoms with Crippen molar-refractivity contribution in [3.63, 3.8) is 0 Å². The highest BCUT2D eigenvalue weighted by Gasteiger charge is 2.17. The van der Waals surface area contributed by atoms with E-state index in [-0.39, 0.29) is 0 Å². The molecule has 0 heterocycles. The first-order chi connectivity index (χ1) is 10.8. The summed E-state index contributed by atoms with van der Waals surface area (Å²) in [5, 5.41) is 0. The maximum Gasteiger partial charge on any atom is 0.164 e. The molecule has 0 spiro atoms. The molecule has 0 aromatic heterocycles. The topological polar surface area (TPSA) is 18.5 Å². The summed E-state index contributed by atoms with van der Waals surface area (Å²) >= 11 is 0. The third-order valence-corrected chi connectivity index (χ3v) is 4.23. The van der Waals surface area contributed by atoms with Crippen LogP contribution >= 0.6 is 0 Å². The van der Waals surface area contributed by atoms with E-state index < -0.39 is 0 Å². The van der Waals surface area contributed by atoms with Gasteiger partial charge in [0, 0.05) is 5.56 Å². The molecule has 2 rings (SSSR count). The Balaban J connectivity index is 2.05. The SMILES string of the molecule is CCC(CCCc1ccccc1)c1cccc(OC)c1OC. The molecule has 118 valence electrons. The van der Waals surface area contributed by atoms with Gasteiger partial charge in [-0.1, -0.05) is 49.4 Å². The molecule has 1 unspecified atom stereocenters. The third-order valence-electron chi connectivity index (χ3n) is 4.23. The monoisotopic (exact) mass is 298 g/mol. The summed E-state index contributed by atoms with van der Waals surface area (Å²) in [6.45, 7) is 2.24. The molecule has 2 heteroatoms. The van der Waals surface area contributed by atoms with Crippen LogP contribution in [0.15, 0.2) is 48.5 Å². The summed E-state index contributed by atoms with van der Waals surface area (Å²) in [5.41, 5.74) is 2.67. The summed E-state index contributed by atoms with van der Waals surface area (Å²) in [4.78, 5) is 0. The first-order valence-corrected chi connectivity index (χ1v) is 8.05. The van der Waals surface area contributed by atoms with Crippen molar-refractivity contribution < 1.29 is 9.47 Å². The van der Waals surface area contributed by atoms with Crippen molar-refractivity contribution in [3.05, 3.63) is 59.7 Å². The maximum absolute atomic E-state index is 5.59. The molecule has 2 aromatic carbocycles. The van der Waals surface area contributed by atoms with Crippen LogP contribution in [-0.2, 0) is 6.42 Å². The zero-order valence-corrected chi connectivity index (χ0v) is 13.8. The van der Waals surface area contributed by atoms with Gasteiger partial charge in [0.15, 0.2) is 11.5 Å². The van der Waals surface area contributed by atoms with Gasteiger partial charge in [-0.15, -0.1) is 0 Å². The van der Waals surface area contributed by atoms with Crippen molar-refractivity contribution in [2.75, 3.05) is 14.2 Å². The number of hydrogen-bond donors (Lipinski definition) is 0. The number of ether oxygens (including phenoxy) is 2. The van der Waals surface area contributed by atoms with Gasteiger partial charge in [0.2, 0.25) is 0 Å². The van der Waals surface area contributed by atoms with Crippen LogP contribution in [0.2, 0.25) is 0 Å². The molecule has 22 heavy (non-hydrogen) atoms. The smallest absolute Gasteiger partial charge is 0.164 e. The second-order valence-corrected chi connectivity index (χ2v) is 5.57. The Morgan fingerprint density at radius 2 is 1.68 bits per heavy atom. The minimum atomic E-state index is 0.508. The predicted molar refractivity (Wildman–Crippen MR) is 92.0 cm³/mol. The van der Waals surface area contributed by atoms with Gasteiger partial charge in [0.05, 0.1) is 14.2 Å². The summed E-state index contributed by atoms with van der Waals surface area (Å²) in [6, 6.07) is 16.9. The number of para-hydroxylation sites is 1. The van der Waals surface area contributed by atoms with Crippen LogP contribution in [0.1, 0.15) is 43.2 Å². The van der Waals surface area contributed by atoms with Crippen molar-refractivity contribution in [3.8, 4) is 11.5 Å². The molecule has 0 saturated carbocycles. The van der Waals surface area contributed by atoms with Crippen LogP contribution < -0.4 is 9.47 Å². The Labute approximate surface area is 134 Å². The number of hydrogen-bond acceptors (Lipinski definition) is 2. The lowest BCUT2D eigenvalue weighted by molar-refractivity contribution is 0.347. The van der Waals surface area contributed by atoms with Crippen LogP contribution in [0.5, 0.6) is 11.5 Å². The normalized spacial score (nSPS) is 12.0. The highest BCUT2D eigenvalue weighted by Crippen LogP contribution is 2.38. The fourth-order valence-corrected chi connectivity index (χ4v) is 3.01. The van der Waals surface area contributed by atoms with E-state index in [4.69, 9.17) is 9.47 Å². The molecule has 0 bridgehead atoms. The second-order valence-electron chi connectivity index (χ2n) is 5.57. The second kappa shape index (κ2) is 8.47. The van der Waals surface area contributed by atoms with E-state index in [1.54, 1.807) is 14.2 Å². The van der Waals surface area contributed by atoms with Crippen LogP contribution in [0.4, 0.5) is 0 Å². The zero-order chi connectivity index (χ0) is 15.8. The van der Waals surface area contributed by atoms with Crippen molar-refractivity contribution in [2.45, 2.75) is 38.5 Å². The summed E-state index contributed by atoms with van der Waals surface area (Å²) in [7, 11) is 3.41.